The van der Waals surface area contributed by atoms with Crippen LogP contribution in [-0.4, -0.2) is 10.2 Å². The van der Waals surface area contributed by atoms with Gasteiger partial charge in [0.15, 0.2) is 5.82 Å². The first kappa shape index (κ1) is 8.71. The average molecular weight is 192 g/mol. The van der Waals surface area contributed by atoms with E-state index >= 15 is 0 Å². The zero-order chi connectivity index (χ0) is 9.97. The Bertz CT molecular complexity index is 421. The highest BCUT2D eigenvalue weighted by atomic mass is 19.1. The standard InChI is InChI=1S/C9H9FN4/c10-7-3-1-6(2-4-7)8-5-9(12-11)14-13-8/h1-5H,11H2,(H2,12,13,14). The van der Waals surface area contributed by atoms with E-state index in [0.29, 0.717) is 5.82 Å². The summed E-state index contributed by atoms with van der Waals surface area (Å²) >= 11 is 0. The normalized spacial score (nSPS) is 10.1. The molecule has 0 saturated heterocycles. The zero-order valence-corrected chi connectivity index (χ0v) is 7.29. The van der Waals surface area contributed by atoms with Crippen molar-refractivity contribution in [2.24, 2.45) is 5.84 Å². The highest BCUT2D eigenvalue weighted by Crippen LogP contribution is 2.19. The Morgan fingerprint density at radius 2 is 2.00 bits per heavy atom. The summed E-state index contributed by atoms with van der Waals surface area (Å²) in [4.78, 5) is 0. The third kappa shape index (κ3) is 1.57. The minimum absolute atomic E-state index is 0.259. The highest BCUT2D eigenvalue weighted by Gasteiger charge is 2.01. The third-order valence-corrected chi connectivity index (χ3v) is 1.88. The molecule has 0 fully saturated rings. The largest absolute Gasteiger partial charge is 0.307 e. The topological polar surface area (TPSA) is 66.7 Å². The van der Waals surface area contributed by atoms with Gasteiger partial charge in [-0.05, 0) is 29.8 Å². The molecule has 0 atom stereocenters. The van der Waals surface area contributed by atoms with Gasteiger partial charge in [-0.2, -0.15) is 5.10 Å². The molecule has 5 heteroatoms. The first-order valence-electron chi connectivity index (χ1n) is 4.07. The predicted molar refractivity (Wildman–Crippen MR) is 51.8 cm³/mol. The number of nitrogens with zero attached hydrogens (tertiary/aromatic N) is 1. The van der Waals surface area contributed by atoms with Crippen molar-refractivity contribution in [2.45, 2.75) is 0 Å². The molecule has 2 aromatic rings. The number of rotatable bonds is 2. The van der Waals surface area contributed by atoms with Crippen molar-refractivity contribution in [1.29, 1.82) is 0 Å². The van der Waals surface area contributed by atoms with E-state index in [4.69, 9.17) is 5.84 Å². The van der Waals surface area contributed by atoms with Crippen LogP contribution >= 0.6 is 0 Å². The molecule has 0 radical (unpaired) electrons. The molecule has 0 saturated carbocycles. The van der Waals surface area contributed by atoms with Gasteiger partial charge in [0.2, 0.25) is 0 Å². The molecule has 1 aromatic carbocycles. The monoisotopic (exact) mass is 192 g/mol. The van der Waals surface area contributed by atoms with Gasteiger partial charge in [0.05, 0.1) is 5.69 Å². The van der Waals surface area contributed by atoms with Crippen molar-refractivity contribution in [3.05, 3.63) is 36.1 Å². The van der Waals surface area contributed by atoms with E-state index in [-0.39, 0.29) is 5.82 Å². The first-order valence-corrected chi connectivity index (χ1v) is 4.07. The maximum Gasteiger partial charge on any atom is 0.162 e. The summed E-state index contributed by atoms with van der Waals surface area (Å²) in [6.45, 7) is 0. The number of aromatic nitrogens is 2. The van der Waals surface area contributed by atoms with Gasteiger partial charge in [0.1, 0.15) is 5.82 Å². The van der Waals surface area contributed by atoms with Crippen molar-refractivity contribution in [1.82, 2.24) is 10.2 Å². The van der Waals surface area contributed by atoms with Gasteiger partial charge in [-0.25, -0.2) is 10.2 Å². The number of H-pyrrole nitrogens is 1. The maximum atomic E-state index is 12.6. The van der Waals surface area contributed by atoms with Gasteiger partial charge >= 0.3 is 0 Å². The van der Waals surface area contributed by atoms with E-state index in [1.54, 1.807) is 18.2 Å². The summed E-state index contributed by atoms with van der Waals surface area (Å²) in [6, 6.07) is 7.87. The fraction of sp³-hybridized carbons (Fsp3) is 0. The van der Waals surface area contributed by atoms with E-state index in [1.807, 2.05) is 0 Å². The number of hydrazine groups is 1. The molecular formula is C9H9FN4. The Kier molecular flexibility index (Phi) is 2.16. The van der Waals surface area contributed by atoms with E-state index in [9.17, 15) is 4.39 Å². The molecule has 0 aliphatic rings. The van der Waals surface area contributed by atoms with E-state index < -0.39 is 0 Å². The van der Waals surface area contributed by atoms with Crippen LogP contribution in [0.3, 0.4) is 0 Å². The summed E-state index contributed by atoms with van der Waals surface area (Å²) < 4.78 is 12.6. The lowest BCUT2D eigenvalue weighted by Gasteiger charge is -1.95. The smallest absolute Gasteiger partial charge is 0.162 e. The lowest BCUT2D eigenvalue weighted by Crippen LogP contribution is -2.06. The van der Waals surface area contributed by atoms with Gasteiger partial charge in [0, 0.05) is 6.07 Å². The van der Waals surface area contributed by atoms with Crippen LogP contribution in [0, 0.1) is 5.82 Å². The molecule has 2 rings (SSSR count). The first-order chi connectivity index (χ1) is 6.79. The molecule has 0 bridgehead atoms. The Labute approximate surface area is 79.9 Å². The van der Waals surface area contributed by atoms with E-state index in [2.05, 4.69) is 15.6 Å². The molecule has 1 aromatic heterocycles. The molecule has 0 aliphatic carbocycles. The second kappa shape index (κ2) is 3.47. The number of anilines is 1. The van der Waals surface area contributed by atoms with Crippen LogP contribution in [0.1, 0.15) is 0 Å². The highest BCUT2D eigenvalue weighted by molar-refractivity contribution is 5.62. The van der Waals surface area contributed by atoms with Gasteiger partial charge in [0.25, 0.3) is 0 Å². The second-order valence-electron chi connectivity index (χ2n) is 2.82. The van der Waals surface area contributed by atoms with E-state index in [0.717, 1.165) is 11.3 Å². The van der Waals surface area contributed by atoms with Crippen LogP contribution in [0.5, 0.6) is 0 Å². The summed E-state index contributed by atoms with van der Waals surface area (Å²) in [6.07, 6.45) is 0. The Hall–Kier alpha value is -1.88. The second-order valence-corrected chi connectivity index (χ2v) is 2.82. The van der Waals surface area contributed by atoms with Crippen LogP contribution in [0.4, 0.5) is 10.2 Å². The van der Waals surface area contributed by atoms with Gasteiger partial charge in [-0.1, -0.05) is 0 Å². The van der Waals surface area contributed by atoms with Gasteiger partial charge in [-0.3, -0.25) is 5.10 Å². The quantitative estimate of drug-likeness (QED) is 0.499. The Balaban J connectivity index is 2.34. The fourth-order valence-electron chi connectivity index (χ4n) is 1.17. The van der Waals surface area contributed by atoms with Crippen LogP contribution in [0.2, 0.25) is 0 Å². The number of hydrogen-bond donors (Lipinski definition) is 3. The molecule has 0 aliphatic heterocycles. The van der Waals surface area contributed by atoms with Crippen LogP contribution in [0.15, 0.2) is 30.3 Å². The summed E-state index contributed by atoms with van der Waals surface area (Å²) in [5.41, 5.74) is 4.06. The molecule has 0 spiro atoms. The Morgan fingerprint density at radius 3 is 2.57 bits per heavy atom. The predicted octanol–water partition coefficient (Wildman–Crippen LogP) is 1.50. The molecule has 4 nitrogen and oxygen atoms in total. The number of hydrogen-bond acceptors (Lipinski definition) is 3. The van der Waals surface area contributed by atoms with Gasteiger partial charge < -0.3 is 5.43 Å². The fourth-order valence-corrected chi connectivity index (χ4v) is 1.17. The third-order valence-electron chi connectivity index (χ3n) is 1.88. The van der Waals surface area contributed by atoms with Crippen molar-refractivity contribution in [2.75, 3.05) is 5.43 Å². The molecule has 14 heavy (non-hydrogen) atoms. The van der Waals surface area contributed by atoms with Crippen LogP contribution in [0.25, 0.3) is 11.3 Å². The lowest BCUT2D eigenvalue weighted by molar-refractivity contribution is 0.628. The number of halogens is 1. The zero-order valence-electron chi connectivity index (χ0n) is 7.29. The molecule has 1 heterocycles. The number of nitrogens with two attached hydrogens (primary N) is 1. The number of nitrogens with one attached hydrogen (secondary N) is 2. The number of nitrogen functional groups attached to an aromatic ring is 1. The Morgan fingerprint density at radius 1 is 1.29 bits per heavy atom. The van der Waals surface area contributed by atoms with Crippen molar-refractivity contribution < 1.29 is 4.39 Å². The molecule has 4 N–H and O–H groups in total. The van der Waals surface area contributed by atoms with Crippen molar-refractivity contribution >= 4 is 5.82 Å². The minimum atomic E-state index is -0.259. The van der Waals surface area contributed by atoms with E-state index in [1.165, 1.54) is 12.1 Å². The SMILES string of the molecule is NNc1cc(-c2ccc(F)cc2)[nH]n1. The van der Waals surface area contributed by atoms with Crippen molar-refractivity contribution in [3.63, 3.8) is 0 Å². The van der Waals surface area contributed by atoms with Gasteiger partial charge in [-0.15, -0.1) is 0 Å². The average Bonchev–Trinajstić information content (AvgIpc) is 2.67. The number of benzene rings is 1. The van der Waals surface area contributed by atoms with Crippen LogP contribution in [-0.2, 0) is 0 Å². The minimum Gasteiger partial charge on any atom is -0.307 e. The summed E-state index contributed by atoms with van der Waals surface area (Å²) in [5, 5.41) is 6.66. The molecular weight excluding hydrogens is 183 g/mol. The lowest BCUT2D eigenvalue weighted by atomic mass is 10.1. The van der Waals surface area contributed by atoms with Crippen LogP contribution < -0.4 is 11.3 Å². The van der Waals surface area contributed by atoms with Crippen molar-refractivity contribution in [3.8, 4) is 11.3 Å². The number of aromatic amines is 1. The maximum absolute atomic E-state index is 12.6. The summed E-state index contributed by atoms with van der Waals surface area (Å²) in [5.74, 6) is 5.46. The molecule has 0 unspecified atom stereocenters. The summed E-state index contributed by atoms with van der Waals surface area (Å²) in [7, 11) is 0. The molecule has 0 amide bonds. The molecule has 72 valence electrons.